The van der Waals surface area contributed by atoms with Crippen LogP contribution in [0.4, 0.5) is 0 Å². The summed E-state index contributed by atoms with van der Waals surface area (Å²) >= 11 is 0. The third kappa shape index (κ3) is 6.61. The molecule has 8 unspecified atom stereocenters. The number of hydrogen-bond acceptors (Lipinski definition) is 7. The second-order valence-electron chi connectivity index (χ2n) is 14.4. The van der Waals surface area contributed by atoms with Crippen LogP contribution >= 0.6 is 0 Å². The molecule has 1 aromatic rings. The van der Waals surface area contributed by atoms with Gasteiger partial charge in [0.2, 0.25) is 5.76 Å². The van der Waals surface area contributed by atoms with Gasteiger partial charge in [-0.15, -0.1) is 0 Å². The number of hydrogen-bond donors (Lipinski definition) is 2. The molecule has 2 saturated heterocycles. The molecule has 0 bridgehead atoms. The Morgan fingerprint density at radius 3 is 2.70 bits per heavy atom. The predicted molar refractivity (Wildman–Crippen MR) is 178 cm³/mol. The molecule has 6 rings (SSSR count). The molecule has 0 aromatic heterocycles. The van der Waals surface area contributed by atoms with E-state index in [0.717, 1.165) is 57.2 Å². The van der Waals surface area contributed by atoms with Crippen LogP contribution in [0.25, 0.3) is 0 Å². The molecule has 4 aliphatic heterocycles. The highest BCUT2D eigenvalue weighted by molar-refractivity contribution is 5.94. The van der Waals surface area contributed by atoms with Crippen molar-refractivity contribution < 1.29 is 29.2 Å². The van der Waals surface area contributed by atoms with Gasteiger partial charge < -0.3 is 24.4 Å². The number of aliphatic hydroxyl groups is 2. The third-order valence-corrected chi connectivity index (χ3v) is 11.2. The van der Waals surface area contributed by atoms with E-state index in [1.54, 1.807) is 0 Å². The number of allylic oxidation sites excluding steroid dienone is 2. The number of carbonyl (C=O) groups is 1. The summed E-state index contributed by atoms with van der Waals surface area (Å²) in [6.45, 7) is 7.12. The number of aliphatic hydroxyl groups excluding tert-OH is 2. The zero-order valence-electron chi connectivity index (χ0n) is 28.1. The number of benzene rings is 1. The van der Waals surface area contributed by atoms with Crippen LogP contribution in [0.2, 0.25) is 0 Å². The Kier molecular flexibility index (Phi) is 10.4. The predicted octanol–water partition coefficient (Wildman–Crippen LogP) is 6.61. The van der Waals surface area contributed by atoms with Crippen molar-refractivity contribution in [1.29, 1.82) is 0 Å². The molecular weight excluding hydrogens is 578 g/mol. The molecule has 7 nitrogen and oxygen atoms in total. The summed E-state index contributed by atoms with van der Waals surface area (Å²) in [4.78, 5) is 15.2. The summed E-state index contributed by atoms with van der Waals surface area (Å²) in [6.07, 6.45) is 17.0. The fourth-order valence-corrected chi connectivity index (χ4v) is 8.92. The molecule has 0 saturated carbocycles. The van der Waals surface area contributed by atoms with Crippen molar-refractivity contribution in [2.45, 2.75) is 103 Å². The fourth-order valence-electron chi connectivity index (χ4n) is 8.92. The first-order chi connectivity index (χ1) is 22.3. The molecule has 5 aliphatic rings. The maximum atomic E-state index is 12.6. The van der Waals surface area contributed by atoms with Crippen molar-refractivity contribution in [2.75, 3.05) is 20.3 Å². The van der Waals surface area contributed by atoms with Gasteiger partial charge in [0.15, 0.2) is 11.5 Å². The van der Waals surface area contributed by atoms with E-state index in [2.05, 4.69) is 68.2 Å². The smallest absolute Gasteiger partial charge is 0.345 e. The SMILES string of the molecule is CCCCCc1cccc(CC2CC(C(O)C3C=CCC(C)C3)N3CCC=C4OC(=C5OC(=O)C(CO)=C5OC)C(C)C4C3C2)c1. The molecule has 7 heteroatoms. The number of ether oxygens (including phenoxy) is 3. The van der Waals surface area contributed by atoms with Crippen LogP contribution in [0, 0.1) is 29.6 Å². The topological polar surface area (TPSA) is 88.5 Å². The fraction of sp³-hybridized carbons (Fsp3) is 0.615. The standard InChI is InChI=1S/C39H53NO6/c1-5-6-7-12-26-13-9-14-27(19-26)20-28-21-31-34-25(3)36(38-37(44-4)30(23-41)39(43)46-38)45-33(34)16-10-17-40(31)32(22-28)35(42)29-15-8-11-24(2)18-29/h8-9,13-16,19,24-25,28-29,31-32,34-35,41-42H,5-7,10-12,17-18,20-23H2,1-4H3. The minimum Gasteiger partial charge on any atom is -0.492 e. The summed E-state index contributed by atoms with van der Waals surface area (Å²) in [5.74, 6) is 2.60. The van der Waals surface area contributed by atoms with Gasteiger partial charge >= 0.3 is 5.97 Å². The van der Waals surface area contributed by atoms with E-state index < -0.39 is 18.7 Å². The molecule has 8 atom stereocenters. The van der Waals surface area contributed by atoms with Gasteiger partial charge in [0, 0.05) is 36.4 Å². The summed E-state index contributed by atoms with van der Waals surface area (Å²) in [7, 11) is 1.49. The van der Waals surface area contributed by atoms with E-state index in [4.69, 9.17) is 14.2 Å². The van der Waals surface area contributed by atoms with Crippen LogP contribution in [0.5, 0.6) is 0 Å². The van der Waals surface area contributed by atoms with E-state index in [-0.39, 0.29) is 46.9 Å². The normalized spacial score (nSPS) is 33.6. The molecular formula is C39H53NO6. The maximum Gasteiger partial charge on any atom is 0.345 e. The van der Waals surface area contributed by atoms with Crippen molar-refractivity contribution in [3.05, 3.63) is 82.2 Å². The second-order valence-corrected chi connectivity index (χ2v) is 14.4. The van der Waals surface area contributed by atoms with Crippen LogP contribution in [0.3, 0.4) is 0 Å². The number of cyclic esters (lactones) is 1. The maximum absolute atomic E-state index is 12.6. The Morgan fingerprint density at radius 2 is 1.93 bits per heavy atom. The monoisotopic (exact) mass is 631 g/mol. The van der Waals surface area contributed by atoms with E-state index in [0.29, 0.717) is 17.6 Å². The lowest BCUT2D eigenvalue weighted by Gasteiger charge is -2.50. The summed E-state index contributed by atoms with van der Waals surface area (Å²) < 4.78 is 17.8. The second kappa shape index (κ2) is 14.5. The molecule has 2 N–H and O–H groups in total. The first-order valence-electron chi connectivity index (χ1n) is 17.7. The van der Waals surface area contributed by atoms with E-state index in [1.165, 1.54) is 37.5 Å². The Morgan fingerprint density at radius 1 is 1.11 bits per heavy atom. The molecule has 2 fully saturated rings. The van der Waals surface area contributed by atoms with Gasteiger partial charge in [0.25, 0.3) is 0 Å². The van der Waals surface area contributed by atoms with Crippen LogP contribution in [-0.4, -0.2) is 59.5 Å². The Bertz CT molecular complexity index is 1390. The van der Waals surface area contributed by atoms with E-state index in [9.17, 15) is 15.0 Å². The number of esters is 1. The highest BCUT2D eigenvalue weighted by Crippen LogP contribution is 2.51. The highest BCUT2D eigenvalue weighted by Gasteiger charge is 2.52. The number of piperidine rings is 1. The van der Waals surface area contributed by atoms with Crippen molar-refractivity contribution >= 4 is 5.97 Å². The Hall–Kier alpha value is -2.87. The number of fused-ring (bicyclic) bond motifs is 3. The number of aryl methyl sites for hydroxylation is 1. The average Bonchev–Trinajstić information content (AvgIpc) is 3.48. The average molecular weight is 632 g/mol. The van der Waals surface area contributed by atoms with Gasteiger partial charge in [-0.3, -0.25) is 4.90 Å². The molecule has 250 valence electrons. The summed E-state index contributed by atoms with van der Waals surface area (Å²) in [6, 6.07) is 9.39. The van der Waals surface area contributed by atoms with Crippen molar-refractivity contribution in [3.8, 4) is 0 Å². The zero-order chi connectivity index (χ0) is 32.4. The first kappa shape index (κ1) is 33.0. The van der Waals surface area contributed by atoms with Crippen molar-refractivity contribution in [2.24, 2.45) is 29.6 Å². The largest absolute Gasteiger partial charge is 0.492 e. The quantitative estimate of drug-likeness (QED) is 0.171. The molecule has 0 radical (unpaired) electrons. The van der Waals surface area contributed by atoms with Crippen LogP contribution < -0.4 is 0 Å². The molecule has 1 aromatic carbocycles. The number of carbonyl (C=O) groups excluding carboxylic acids is 1. The lowest BCUT2D eigenvalue weighted by Crippen LogP contribution is -2.58. The van der Waals surface area contributed by atoms with Gasteiger partial charge in [0.05, 0.1) is 19.8 Å². The number of nitrogens with zero attached hydrogens (tertiary/aromatic N) is 1. The zero-order valence-corrected chi connectivity index (χ0v) is 28.1. The number of rotatable bonds is 10. The molecule has 4 heterocycles. The van der Waals surface area contributed by atoms with Crippen LogP contribution in [0.1, 0.15) is 83.3 Å². The molecule has 1 aliphatic carbocycles. The Balaban J connectivity index is 1.32. The lowest BCUT2D eigenvalue weighted by atomic mass is 9.71. The van der Waals surface area contributed by atoms with Crippen molar-refractivity contribution in [3.63, 3.8) is 0 Å². The van der Waals surface area contributed by atoms with Gasteiger partial charge in [0.1, 0.15) is 11.3 Å². The third-order valence-electron chi connectivity index (χ3n) is 11.2. The van der Waals surface area contributed by atoms with E-state index in [1.807, 2.05) is 0 Å². The molecule has 0 spiro atoms. The van der Waals surface area contributed by atoms with Crippen LogP contribution in [-0.2, 0) is 31.8 Å². The Labute approximate surface area is 275 Å². The minimum absolute atomic E-state index is 0.0489. The minimum atomic E-state index is -0.590. The van der Waals surface area contributed by atoms with Crippen LogP contribution in [0.15, 0.2) is 71.1 Å². The van der Waals surface area contributed by atoms with Gasteiger partial charge in [-0.05, 0) is 80.4 Å². The molecule has 0 amide bonds. The lowest BCUT2D eigenvalue weighted by molar-refractivity contribution is -0.133. The highest BCUT2D eigenvalue weighted by atomic mass is 16.6. The summed E-state index contributed by atoms with van der Waals surface area (Å²) in [5, 5.41) is 22.0. The molecule has 46 heavy (non-hydrogen) atoms. The van der Waals surface area contributed by atoms with Gasteiger partial charge in [-0.1, -0.05) is 70.0 Å². The summed E-state index contributed by atoms with van der Waals surface area (Å²) in [5.41, 5.74) is 2.93. The number of methoxy groups -OCH3 is 1. The van der Waals surface area contributed by atoms with Crippen molar-refractivity contribution in [1.82, 2.24) is 4.90 Å². The first-order valence-corrected chi connectivity index (χ1v) is 17.7. The van der Waals surface area contributed by atoms with E-state index >= 15 is 0 Å². The van der Waals surface area contributed by atoms with Gasteiger partial charge in [-0.2, -0.15) is 0 Å². The number of unbranched alkanes of at least 4 members (excludes halogenated alkanes) is 2. The van der Waals surface area contributed by atoms with Gasteiger partial charge in [-0.25, -0.2) is 4.79 Å².